The first-order chi connectivity index (χ1) is 6.79. The third-order valence-corrected chi connectivity index (χ3v) is 1.67. The van der Waals surface area contributed by atoms with Gasteiger partial charge in [0.2, 0.25) is 5.43 Å². The summed E-state index contributed by atoms with van der Waals surface area (Å²) < 4.78 is 0. The number of rotatable bonds is 0. The molecule has 74 valence electrons. The molecule has 14 heavy (non-hydrogen) atoms. The van der Waals surface area contributed by atoms with Gasteiger partial charge in [0.25, 0.3) is 0 Å². The zero-order valence-corrected chi connectivity index (χ0v) is 8.24. The van der Waals surface area contributed by atoms with E-state index >= 15 is 0 Å². The molecule has 4 nitrogen and oxygen atoms in total. The summed E-state index contributed by atoms with van der Waals surface area (Å²) in [6, 6.07) is 3.54. The van der Waals surface area contributed by atoms with Gasteiger partial charge in [0, 0.05) is 12.4 Å². The Labute approximate surface area is 81.8 Å². The van der Waals surface area contributed by atoms with E-state index < -0.39 is 0 Å². The van der Waals surface area contributed by atoms with E-state index in [-0.39, 0.29) is 11.1 Å². The molecule has 4 heteroatoms. The van der Waals surface area contributed by atoms with Gasteiger partial charge in [-0.3, -0.25) is 9.78 Å². The summed E-state index contributed by atoms with van der Waals surface area (Å²) in [5.74, 6) is 0. The van der Waals surface area contributed by atoms with Crippen LogP contribution in [0.15, 0.2) is 29.3 Å². The number of nitrogen functional groups attached to an aromatic ring is 1. The van der Waals surface area contributed by atoms with Crippen molar-refractivity contribution in [1.29, 1.82) is 0 Å². The number of nitrogens with one attached hydrogen (secondary N) is 1. The van der Waals surface area contributed by atoms with Crippen LogP contribution in [0.2, 0.25) is 0 Å². The van der Waals surface area contributed by atoms with Crippen molar-refractivity contribution < 1.29 is 0 Å². The number of aromatic amines is 1. The molecule has 0 aliphatic carbocycles. The van der Waals surface area contributed by atoms with Crippen LogP contribution in [0, 0.1) is 0 Å². The van der Waals surface area contributed by atoms with Gasteiger partial charge in [-0.05, 0) is 12.1 Å². The molecule has 0 saturated heterocycles. The Balaban J connectivity index is 0.000000461. The van der Waals surface area contributed by atoms with Crippen LogP contribution in [-0.4, -0.2) is 9.97 Å². The van der Waals surface area contributed by atoms with E-state index in [4.69, 9.17) is 5.73 Å². The molecule has 0 spiro atoms. The van der Waals surface area contributed by atoms with Gasteiger partial charge in [-0.25, -0.2) is 0 Å². The second-order valence-electron chi connectivity index (χ2n) is 2.47. The fraction of sp³-hybridized carbons (Fsp3) is 0.200. The predicted octanol–water partition coefficient (Wildman–Crippen LogP) is 1.53. The first kappa shape index (κ1) is 10.2. The lowest BCUT2D eigenvalue weighted by Gasteiger charge is -1.96. The number of H-pyrrole nitrogens is 1. The Morgan fingerprint density at radius 3 is 2.86 bits per heavy atom. The Morgan fingerprint density at radius 2 is 2.14 bits per heavy atom. The van der Waals surface area contributed by atoms with Gasteiger partial charge in [0.15, 0.2) is 0 Å². The minimum absolute atomic E-state index is 0.196. The van der Waals surface area contributed by atoms with E-state index in [2.05, 4.69) is 9.97 Å². The first-order valence-corrected chi connectivity index (χ1v) is 4.51. The zero-order chi connectivity index (χ0) is 10.6. The largest absolute Gasteiger partial charge is 0.394 e. The molecule has 0 aromatic carbocycles. The SMILES string of the molecule is CC.Nc1c[nH]c2cccnc2c1=O. The first-order valence-electron chi connectivity index (χ1n) is 4.51. The summed E-state index contributed by atoms with van der Waals surface area (Å²) in [4.78, 5) is 18.1. The highest BCUT2D eigenvalue weighted by atomic mass is 16.1. The summed E-state index contributed by atoms with van der Waals surface area (Å²) >= 11 is 0. The minimum atomic E-state index is -0.218. The Morgan fingerprint density at radius 1 is 1.43 bits per heavy atom. The van der Waals surface area contributed by atoms with Gasteiger partial charge in [0.05, 0.1) is 11.2 Å². The fourth-order valence-corrected chi connectivity index (χ4v) is 1.06. The molecule has 0 saturated carbocycles. The second kappa shape index (κ2) is 4.41. The molecule has 3 N–H and O–H groups in total. The molecule has 2 heterocycles. The summed E-state index contributed by atoms with van der Waals surface area (Å²) in [7, 11) is 0. The van der Waals surface area contributed by atoms with Crippen LogP contribution in [0.3, 0.4) is 0 Å². The normalized spacial score (nSPS) is 9.29. The number of pyridine rings is 2. The minimum Gasteiger partial charge on any atom is -0.394 e. The molecule has 0 bridgehead atoms. The number of nitrogens with two attached hydrogens (primary N) is 1. The Bertz CT molecular complexity index is 476. The molecule has 2 rings (SSSR count). The third-order valence-electron chi connectivity index (χ3n) is 1.67. The van der Waals surface area contributed by atoms with E-state index in [1.54, 1.807) is 18.3 Å². The molecular formula is C10H13N3O. The average molecular weight is 191 g/mol. The van der Waals surface area contributed by atoms with E-state index in [0.717, 1.165) is 0 Å². The van der Waals surface area contributed by atoms with E-state index in [1.807, 2.05) is 13.8 Å². The fourth-order valence-electron chi connectivity index (χ4n) is 1.06. The van der Waals surface area contributed by atoms with E-state index in [9.17, 15) is 4.79 Å². The molecule has 0 aliphatic rings. The number of hydrogen-bond acceptors (Lipinski definition) is 3. The van der Waals surface area contributed by atoms with E-state index in [1.165, 1.54) is 6.20 Å². The zero-order valence-electron chi connectivity index (χ0n) is 8.24. The molecule has 0 atom stereocenters. The molecule has 0 radical (unpaired) electrons. The lowest BCUT2D eigenvalue weighted by molar-refractivity contribution is 1.32. The highest BCUT2D eigenvalue weighted by Gasteiger charge is 2.00. The second-order valence-corrected chi connectivity index (χ2v) is 2.47. The van der Waals surface area contributed by atoms with Crippen molar-refractivity contribution in [2.45, 2.75) is 13.8 Å². The maximum atomic E-state index is 11.3. The topological polar surface area (TPSA) is 71.8 Å². The molecule has 0 unspecified atom stereocenters. The van der Waals surface area contributed by atoms with Gasteiger partial charge < -0.3 is 10.7 Å². The Kier molecular flexibility index (Phi) is 3.23. The van der Waals surface area contributed by atoms with Crippen molar-refractivity contribution in [3.63, 3.8) is 0 Å². The number of nitrogens with zero attached hydrogens (tertiary/aromatic N) is 1. The lowest BCUT2D eigenvalue weighted by atomic mass is 10.3. The summed E-state index contributed by atoms with van der Waals surface area (Å²) in [6.45, 7) is 4.00. The van der Waals surface area contributed by atoms with Crippen LogP contribution in [0.25, 0.3) is 11.0 Å². The van der Waals surface area contributed by atoms with Crippen molar-refractivity contribution in [3.8, 4) is 0 Å². The van der Waals surface area contributed by atoms with Gasteiger partial charge in [0.1, 0.15) is 5.52 Å². The van der Waals surface area contributed by atoms with Crippen LogP contribution in [-0.2, 0) is 0 Å². The van der Waals surface area contributed by atoms with Crippen molar-refractivity contribution >= 4 is 16.7 Å². The summed E-state index contributed by atoms with van der Waals surface area (Å²) in [5, 5.41) is 0. The van der Waals surface area contributed by atoms with Gasteiger partial charge >= 0.3 is 0 Å². The smallest absolute Gasteiger partial charge is 0.230 e. The van der Waals surface area contributed by atoms with Crippen molar-refractivity contribution in [1.82, 2.24) is 9.97 Å². The number of fused-ring (bicyclic) bond motifs is 1. The van der Waals surface area contributed by atoms with Crippen LogP contribution >= 0.6 is 0 Å². The third kappa shape index (κ3) is 1.74. The summed E-state index contributed by atoms with van der Waals surface area (Å²) in [5.41, 5.74) is 6.47. The monoisotopic (exact) mass is 191 g/mol. The summed E-state index contributed by atoms with van der Waals surface area (Å²) in [6.07, 6.45) is 3.04. The number of aromatic nitrogens is 2. The van der Waals surface area contributed by atoms with E-state index in [0.29, 0.717) is 11.0 Å². The van der Waals surface area contributed by atoms with Gasteiger partial charge in [-0.15, -0.1) is 0 Å². The van der Waals surface area contributed by atoms with Crippen molar-refractivity contribution in [3.05, 3.63) is 34.7 Å². The Hall–Kier alpha value is -1.84. The van der Waals surface area contributed by atoms with Gasteiger partial charge in [-0.1, -0.05) is 13.8 Å². The highest BCUT2D eigenvalue weighted by Crippen LogP contribution is 2.03. The number of hydrogen-bond donors (Lipinski definition) is 2. The number of anilines is 1. The highest BCUT2D eigenvalue weighted by molar-refractivity contribution is 5.76. The van der Waals surface area contributed by atoms with Crippen molar-refractivity contribution in [2.24, 2.45) is 0 Å². The molecule has 2 aromatic heterocycles. The molecule has 2 aromatic rings. The van der Waals surface area contributed by atoms with Crippen LogP contribution < -0.4 is 11.2 Å². The maximum absolute atomic E-state index is 11.3. The predicted molar refractivity (Wildman–Crippen MR) is 58.1 cm³/mol. The van der Waals surface area contributed by atoms with Crippen LogP contribution in [0.4, 0.5) is 5.69 Å². The standard InChI is InChI=1S/C8H7N3O.C2H6/c9-5-4-11-6-2-1-3-10-7(6)8(5)12;1-2/h1-4H,9H2,(H,11,12);1-2H3. The maximum Gasteiger partial charge on any atom is 0.230 e. The average Bonchev–Trinajstić information content (AvgIpc) is 2.27. The van der Waals surface area contributed by atoms with Crippen LogP contribution in [0.1, 0.15) is 13.8 Å². The lowest BCUT2D eigenvalue weighted by Crippen LogP contribution is -2.09. The molecular weight excluding hydrogens is 178 g/mol. The van der Waals surface area contributed by atoms with Crippen molar-refractivity contribution in [2.75, 3.05) is 5.73 Å². The molecule has 0 fully saturated rings. The molecule has 0 aliphatic heterocycles. The molecule has 0 amide bonds. The quantitative estimate of drug-likeness (QED) is 0.663. The van der Waals surface area contributed by atoms with Crippen LogP contribution in [0.5, 0.6) is 0 Å². The van der Waals surface area contributed by atoms with Gasteiger partial charge in [-0.2, -0.15) is 0 Å².